The minimum Gasteiger partial charge on any atom is -0.462 e. The second-order valence-corrected chi connectivity index (χ2v) is 7.48. The van der Waals surface area contributed by atoms with Gasteiger partial charge in [0.2, 0.25) is 0 Å². The smallest absolute Gasteiger partial charge is 0.348 e. The molecule has 0 atom stereocenters. The van der Waals surface area contributed by atoms with Crippen molar-refractivity contribution >= 4 is 40.0 Å². The predicted molar refractivity (Wildman–Crippen MR) is 101 cm³/mol. The van der Waals surface area contributed by atoms with Crippen LogP contribution >= 0.6 is 23.1 Å². The van der Waals surface area contributed by atoms with Crippen molar-refractivity contribution in [2.75, 3.05) is 18.1 Å². The summed E-state index contributed by atoms with van der Waals surface area (Å²) >= 11 is 2.31. The van der Waals surface area contributed by atoms with Crippen LogP contribution in [0.5, 0.6) is 0 Å². The molecule has 27 heavy (non-hydrogen) atoms. The van der Waals surface area contributed by atoms with Gasteiger partial charge in [-0.25, -0.2) is 4.79 Å². The Balaban J connectivity index is 1.96. The van der Waals surface area contributed by atoms with Crippen molar-refractivity contribution in [3.05, 3.63) is 33.0 Å². The molecule has 0 aromatic carbocycles. The average Bonchev–Trinajstić information content (AvgIpc) is 3.13. The Morgan fingerprint density at radius 2 is 2.07 bits per heavy atom. The van der Waals surface area contributed by atoms with Gasteiger partial charge in [-0.1, -0.05) is 5.16 Å². The maximum Gasteiger partial charge on any atom is 0.348 e. The molecule has 0 bridgehead atoms. The van der Waals surface area contributed by atoms with E-state index < -0.39 is 11.9 Å². The number of nitriles is 1. The molecule has 0 unspecified atom stereocenters. The highest BCUT2D eigenvalue weighted by molar-refractivity contribution is 7.99. The number of carbonyl (C=O) groups is 2. The van der Waals surface area contributed by atoms with Crippen molar-refractivity contribution in [1.82, 2.24) is 5.16 Å². The topological polar surface area (TPSA) is 128 Å². The lowest BCUT2D eigenvalue weighted by atomic mass is 10.1. The van der Waals surface area contributed by atoms with E-state index in [1.165, 1.54) is 11.8 Å². The number of nitrogen functional groups attached to an aromatic ring is 1. The standard InChI is InChI=1S/C17H19N3O5S2/c1-4-23-17(22)15-12(11(5-18)16(19)27-15)6-24-14(21)8-26-7-13-9(2)20-25-10(13)3/h4,6-8,19H2,1-3H3. The van der Waals surface area contributed by atoms with Crippen LogP contribution < -0.4 is 5.73 Å². The molecule has 0 aliphatic rings. The normalized spacial score (nSPS) is 10.4. The van der Waals surface area contributed by atoms with E-state index in [-0.39, 0.29) is 40.0 Å². The summed E-state index contributed by atoms with van der Waals surface area (Å²) in [6.45, 7) is 5.31. The van der Waals surface area contributed by atoms with Crippen molar-refractivity contribution in [2.45, 2.75) is 33.1 Å². The van der Waals surface area contributed by atoms with Gasteiger partial charge in [-0.2, -0.15) is 5.26 Å². The van der Waals surface area contributed by atoms with E-state index in [0.29, 0.717) is 5.75 Å². The van der Waals surface area contributed by atoms with Gasteiger partial charge in [-0.15, -0.1) is 23.1 Å². The Kier molecular flexibility index (Phi) is 7.27. The van der Waals surface area contributed by atoms with Gasteiger partial charge in [0.25, 0.3) is 0 Å². The minimum atomic E-state index is -0.588. The first-order chi connectivity index (χ1) is 12.9. The van der Waals surface area contributed by atoms with Crippen LogP contribution in [0.3, 0.4) is 0 Å². The molecule has 0 radical (unpaired) electrons. The first-order valence-corrected chi connectivity index (χ1v) is 9.99. The summed E-state index contributed by atoms with van der Waals surface area (Å²) in [4.78, 5) is 24.2. The number of thioether (sulfide) groups is 1. The van der Waals surface area contributed by atoms with Crippen LogP contribution in [0.1, 0.15) is 44.7 Å². The third-order valence-electron chi connectivity index (χ3n) is 3.63. The molecule has 0 fully saturated rings. The van der Waals surface area contributed by atoms with Crippen LogP contribution in [-0.4, -0.2) is 29.5 Å². The van der Waals surface area contributed by atoms with E-state index in [1.807, 2.05) is 19.9 Å². The lowest BCUT2D eigenvalue weighted by Gasteiger charge is -2.07. The first-order valence-electron chi connectivity index (χ1n) is 8.02. The fraction of sp³-hybridized carbons (Fsp3) is 0.412. The van der Waals surface area contributed by atoms with Crippen LogP contribution in [0.15, 0.2) is 4.52 Å². The molecule has 0 aliphatic heterocycles. The van der Waals surface area contributed by atoms with Crippen LogP contribution in [0.4, 0.5) is 5.00 Å². The fourth-order valence-corrected chi connectivity index (χ4v) is 4.13. The van der Waals surface area contributed by atoms with Gasteiger partial charge in [0.1, 0.15) is 28.3 Å². The Morgan fingerprint density at radius 1 is 1.33 bits per heavy atom. The summed E-state index contributed by atoms with van der Waals surface area (Å²) < 4.78 is 15.3. The minimum absolute atomic E-state index is 0.111. The highest BCUT2D eigenvalue weighted by Crippen LogP contribution is 2.32. The average molecular weight is 409 g/mol. The molecule has 0 saturated heterocycles. The molecule has 0 amide bonds. The summed E-state index contributed by atoms with van der Waals surface area (Å²) in [6.07, 6.45) is 0. The van der Waals surface area contributed by atoms with Gasteiger partial charge < -0.3 is 19.7 Å². The molecule has 2 rings (SSSR count). The number of hydrogen-bond donors (Lipinski definition) is 1. The highest BCUT2D eigenvalue weighted by Gasteiger charge is 2.24. The summed E-state index contributed by atoms with van der Waals surface area (Å²) in [7, 11) is 0. The van der Waals surface area contributed by atoms with Gasteiger partial charge in [0.05, 0.1) is 23.6 Å². The molecule has 2 aromatic heterocycles. The van der Waals surface area contributed by atoms with Crippen LogP contribution in [0.2, 0.25) is 0 Å². The number of esters is 2. The third kappa shape index (κ3) is 5.02. The maximum absolute atomic E-state index is 12.0. The maximum atomic E-state index is 12.0. The number of rotatable bonds is 8. The molecule has 144 valence electrons. The Hall–Kier alpha value is -2.51. The number of hydrogen-bond acceptors (Lipinski definition) is 10. The lowest BCUT2D eigenvalue weighted by molar-refractivity contribution is -0.141. The van der Waals surface area contributed by atoms with E-state index in [4.69, 9.17) is 19.7 Å². The summed E-state index contributed by atoms with van der Waals surface area (Å²) in [5.74, 6) is 0.351. The predicted octanol–water partition coefficient (Wildman–Crippen LogP) is 2.96. The molecule has 8 nitrogen and oxygen atoms in total. The van der Waals surface area contributed by atoms with E-state index in [1.54, 1.807) is 6.92 Å². The van der Waals surface area contributed by atoms with Crippen LogP contribution in [0, 0.1) is 25.2 Å². The molecule has 0 aliphatic carbocycles. The Bertz CT molecular complexity index is 862. The van der Waals surface area contributed by atoms with Crippen LogP contribution in [-0.2, 0) is 26.6 Å². The highest BCUT2D eigenvalue weighted by atomic mass is 32.2. The van der Waals surface area contributed by atoms with E-state index in [2.05, 4.69) is 5.16 Å². The SMILES string of the molecule is CCOC(=O)c1sc(N)c(C#N)c1COC(=O)CSCc1c(C)noc1C. The lowest BCUT2D eigenvalue weighted by Crippen LogP contribution is -2.11. The number of ether oxygens (including phenoxy) is 2. The van der Waals surface area contributed by atoms with Crippen molar-refractivity contribution in [3.8, 4) is 6.07 Å². The van der Waals surface area contributed by atoms with Crippen molar-refractivity contribution in [1.29, 1.82) is 5.26 Å². The number of aromatic nitrogens is 1. The fourth-order valence-electron chi connectivity index (χ4n) is 2.25. The molecule has 2 aromatic rings. The number of nitrogens with zero attached hydrogens (tertiary/aromatic N) is 2. The van der Waals surface area contributed by atoms with E-state index >= 15 is 0 Å². The van der Waals surface area contributed by atoms with Gasteiger partial charge in [0.15, 0.2) is 0 Å². The van der Waals surface area contributed by atoms with Crippen molar-refractivity contribution in [3.63, 3.8) is 0 Å². The number of thiophene rings is 1. The van der Waals surface area contributed by atoms with Gasteiger partial charge in [-0.3, -0.25) is 4.79 Å². The van der Waals surface area contributed by atoms with E-state index in [9.17, 15) is 14.9 Å². The first kappa shape index (κ1) is 20.8. The zero-order valence-corrected chi connectivity index (χ0v) is 16.8. The van der Waals surface area contributed by atoms with Gasteiger partial charge in [-0.05, 0) is 20.8 Å². The quantitative estimate of drug-likeness (QED) is 0.654. The zero-order valence-electron chi connectivity index (χ0n) is 15.2. The summed E-state index contributed by atoms with van der Waals surface area (Å²) in [5.41, 5.74) is 7.95. The molecule has 2 N–H and O–H groups in total. The summed E-state index contributed by atoms with van der Waals surface area (Å²) in [5, 5.41) is 13.3. The zero-order chi connectivity index (χ0) is 20.0. The monoisotopic (exact) mass is 409 g/mol. The van der Waals surface area contributed by atoms with Gasteiger partial charge >= 0.3 is 11.9 Å². The third-order valence-corrected chi connectivity index (χ3v) is 5.61. The number of nitrogens with two attached hydrogens (primary N) is 1. The number of carbonyl (C=O) groups excluding carboxylic acids is 2. The Labute approximate surface area is 164 Å². The molecule has 10 heteroatoms. The molecule has 2 heterocycles. The number of anilines is 1. The molecule has 0 spiro atoms. The van der Waals surface area contributed by atoms with Crippen LogP contribution in [0.25, 0.3) is 0 Å². The molecular weight excluding hydrogens is 390 g/mol. The van der Waals surface area contributed by atoms with Gasteiger partial charge in [0, 0.05) is 16.9 Å². The second kappa shape index (κ2) is 9.43. The van der Waals surface area contributed by atoms with Crippen molar-refractivity contribution in [2.24, 2.45) is 0 Å². The largest absolute Gasteiger partial charge is 0.462 e. The second-order valence-electron chi connectivity index (χ2n) is 5.44. The number of aryl methyl sites for hydroxylation is 2. The van der Waals surface area contributed by atoms with Crippen molar-refractivity contribution < 1.29 is 23.6 Å². The Morgan fingerprint density at radius 3 is 2.67 bits per heavy atom. The molecular formula is C17H19N3O5S2. The molecule has 0 saturated carbocycles. The van der Waals surface area contributed by atoms with E-state index in [0.717, 1.165) is 28.4 Å². The summed E-state index contributed by atoms with van der Waals surface area (Å²) in [6, 6.07) is 1.94.